The average Bonchev–Trinajstić information content (AvgIpc) is 3.32. The number of carbonyl (C=O) groups is 2. The summed E-state index contributed by atoms with van der Waals surface area (Å²) in [4.78, 5) is 24.7. The zero-order valence-corrected chi connectivity index (χ0v) is 16.9. The predicted octanol–water partition coefficient (Wildman–Crippen LogP) is 4.13. The fraction of sp³-hybridized carbons (Fsp3) is 0.391. The van der Waals surface area contributed by atoms with Gasteiger partial charge in [-0.3, -0.25) is 9.59 Å². The van der Waals surface area contributed by atoms with Crippen LogP contribution >= 0.6 is 23.2 Å². The van der Waals surface area contributed by atoms with E-state index in [9.17, 15) is 9.59 Å². The van der Waals surface area contributed by atoms with E-state index in [4.69, 9.17) is 27.9 Å². The van der Waals surface area contributed by atoms with E-state index in [-0.39, 0.29) is 11.6 Å². The van der Waals surface area contributed by atoms with Gasteiger partial charge in [-0.05, 0) is 24.5 Å². The molecule has 0 aromatic heterocycles. The number of carbonyl (C=O) groups excluding carboxylic acids is 2. The lowest BCUT2D eigenvalue weighted by Gasteiger charge is -2.51. The van der Waals surface area contributed by atoms with Crippen LogP contribution in [0.1, 0.15) is 24.5 Å². The van der Waals surface area contributed by atoms with E-state index in [2.05, 4.69) is 0 Å². The van der Waals surface area contributed by atoms with E-state index in [0.717, 1.165) is 11.1 Å². The van der Waals surface area contributed by atoms with Gasteiger partial charge < -0.3 is 4.74 Å². The maximum atomic E-state index is 13.7. The number of rotatable bonds is 4. The fourth-order valence-corrected chi connectivity index (χ4v) is 6.71. The first-order valence-corrected chi connectivity index (χ1v) is 10.4. The zero-order valence-electron chi connectivity index (χ0n) is 15.4. The second-order valence-electron chi connectivity index (χ2n) is 7.91. The number of ketones is 2. The summed E-state index contributed by atoms with van der Waals surface area (Å²) in [6, 6.07) is 19.2. The van der Waals surface area contributed by atoms with Gasteiger partial charge in [0.1, 0.15) is 9.75 Å². The molecule has 0 amide bonds. The van der Waals surface area contributed by atoms with Crippen LogP contribution in [0.4, 0.5) is 0 Å². The Morgan fingerprint density at radius 1 is 0.929 bits per heavy atom. The summed E-state index contributed by atoms with van der Waals surface area (Å²) in [7, 11) is 0. The maximum absolute atomic E-state index is 13.7. The summed E-state index contributed by atoms with van der Waals surface area (Å²) in [5, 5.41) is 0. The Bertz CT molecular complexity index is 921. The molecule has 28 heavy (non-hydrogen) atoms. The molecule has 3 fully saturated rings. The standard InChI is InChI=1S/C23H20Cl2O3/c1-2-28-17-13-16-19(26)23(25)18(20(27)22(16,17)24)21(23,14-9-5-3-6-10-14)15-11-7-4-8-12-15/h3-12,16-18H,2,13H2,1H3/t16-,17-,18-,22-,23-/m0/s1. The highest BCUT2D eigenvalue weighted by Gasteiger charge is 2.91. The molecule has 0 heterocycles. The molecule has 5 atom stereocenters. The van der Waals surface area contributed by atoms with Crippen molar-refractivity contribution in [3.05, 3.63) is 71.8 Å². The van der Waals surface area contributed by atoms with Crippen molar-refractivity contribution in [3.8, 4) is 0 Å². The van der Waals surface area contributed by atoms with Gasteiger partial charge in [-0.15, -0.1) is 23.2 Å². The van der Waals surface area contributed by atoms with Gasteiger partial charge >= 0.3 is 0 Å². The van der Waals surface area contributed by atoms with Crippen LogP contribution in [0.25, 0.3) is 0 Å². The predicted molar refractivity (Wildman–Crippen MR) is 108 cm³/mol. The van der Waals surface area contributed by atoms with Gasteiger partial charge in [0, 0.05) is 6.61 Å². The van der Waals surface area contributed by atoms with Gasteiger partial charge in [-0.25, -0.2) is 0 Å². The lowest BCUT2D eigenvalue weighted by molar-refractivity contribution is -0.155. The summed E-state index contributed by atoms with van der Waals surface area (Å²) < 4.78 is 5.70. The minimum Gasteiger partial charge on any atom is -0.376 e. The highest BCUT2D eigenvalue weighted by Crippen LogP contribution is 2.77. The van der Waals surface area contributed by atoms with Crippen LogP contribution in [-0.2, 0) is 19.7 Å². The van der Waals surface area contributed by atoms with Crippen LogP contribution in [0.3, 0.4) is 0 Å². The average molecular weight is 415 g/mol. The number of hydrogen-bond donors (Lipinski definition) is 0. The Hall–Kier alpha value is -1.68. The molecule has 0 bridgehead atoms. The zero-order chi connectivity index (χ0) is 19.7. The van der Waals surface area contributed by atoms with Gasteiger partial charge in [0.25, 0.3) is 0 Å². The molecule has 0 saturated heterocycles. The third-order valence-electron chi connectivity index (χ3n) is 6.89. The van der Waals surface area contributed by atoms with Crippen molar-refractivity contribution < 1.29 is 14.3 Å². The number of benzene rings is 2. The van der Waals surface area contributed by atoms with Crippen LogP contribution < -0.4 is 0 Å². The van der Waals surface area contributed by atoms with E-state index < -0.39 is 33.1 Å². The third kappa shape index (κ3) is 1.86. The molecule has 144 valence electrons. The number of halogens is 2. The fourth-order valence-electron chi connectivity index (χ4n) is 5.59. The monoisotopic (exact) mass is 414 g/mol. The van der Waals surface area contributed by atoms with Gasteiger partial charge in [-0.1, -0.05) is 60.7 Å². The number of alkyl halides is 2. The smallest absolute Gasteiger partial charge is 0.163 e. The van der Waals surface area contributed by atoms with Crippen LogP contribution in [0.5, 0.6) is 0 Å². The summed E-state index contributed by atoms with van der Waals surface area (Å²) in [6.45, 7) is 2.32. The Balaban J connectivity index is 1.72. The molecule has 0 radical (unpaired) electrons. The topological polar surface area (TPSA) is 43.4 Å². The molecule has 0 N–H and O–H groups in total. The normalized spacial score (nSPS) is 37.6. The molecule has 3 saturated carbocycles. The first kappa shape index (κ1) is 18.4. The number of ether oxygens (including phenoxy) is 1. The van der Waals surface area contributed by atoms with Crippen molar-refractivity contribution in [2.75, 3.05) is 6.61 Å². The van der Waals surface area contributed by atoms with Gasteiger partial charge in [0.2, 0.25) is 0 Å². The van der Waals surface area contributed by atoms with Crippen molar-refractivity contribution in [1.29, 1.82) is 0 Å². The minimum atomic E-state index is -1.30. The van der Waals surface area contributed by atoms with E-state index >= 15 is 0 Å². The molecular weight excluding hydrogens is 395 g/mol. The summed E-state index contributed by atoms with van der Waals surface area (Å²) in [6.07, 6.45) is 0.00893. The van der Waals surface area contributed by atoms with Crippen LogP contribution in [0.2, 0.25) is 0 Å². The first-order chi connectivity index (χ1) is 13.4. The number of Topliss-reactive ketones (excluding diaryl/α,β-unsaturated/α-hetero) is 2. The van der Waals surface area contributed by atoms with E-state index in [1.54, 1.807) is 0 Å². The lowest BCUT2D eigenvalue weighted by atomic mass is 9.61. The quantitative estimate of drug-likeness (QED) is 0.706. The first-order valence-electron chi connectivity index (χ1n) is 9.64. The summed E-state index contributed by atoms with van der Waals surface area (Å²) in [5.74, 6) is -1.58. The van der Waals surface area contributed by atoms with Gasteiger partial charge in [-0.2, -0.15) is 0 Å². The molecule has 3 aliphatic rings. The molecule has 2 aromatic carbocycles. The van der Waals surface area contributed by atoms with Crippen molar-refractivity contribution >= 4 is 34.8 Å². The number of fused-ring (bicyclic) bond motifs is 2. The van der Waals surface area contributed by atoms with Crippen molar-refractivity contribution in [2.24, 2.45) is 11.8 Å². The lowest BCUT2D eigenvalue weighted by Crippen LogP contribution is -2.68. The highest BCUT2D eigenvalue weighted by atomic mass is 35.5. The molecule has 3 nitrogen and oxygen atoms in total. The molecule has 0 unspecified atom stereocenters. The van der Waals surface area contributed by atoms with Crippen molar-refractivity contribution in [2.45, 2.75) is 34.6 Å². The van der Waals surface area contributed by atoms with Crippen LogP contribution in [-0.4, -0.2) is 34.0 Å². The minimum absolute atomic E-state index is 0.127. The largest absolute Gasteiger partial charge is 0.376 e. The molecule has 0 spiro atoms. The molecule has 5 heteroatoms. The van der Waals surface area contributed by atoms with Gasteiger partial charge in [0.15, 0.2) is 11.6 Å². The Kier molecular flexibility index (Phi) is 3.88. The highest BCUT2D eigenvalue weighted by molar-refractivity contribution is 6.51. The third-order valence-corrected chi connectivity index (χ3v) is 8.28. The molecule has 0 aliphatic heterocycles. The molecular formula is C23H20Cl2O3. The maximum Gasteiger partial charge on any atom is 0.163 e. The van der Waals surface area contributed by atoms with Gasteiger partial charge in [0.05, 0.1) is 23.4 Å². The van der Waals surface area contributed by atoms with E-state index in [0.29, 0.717) is 13.0 Å². The van der Waals surface area contributed by atoms with Crippen molar-refractivity contribution in [1.82, 2.24) is 0 Å². The number of hydrogen-bond acceptors (Lipinski definition) is 3. The van der Waals surface area contributed by atoms with E-state index in [1.165, 1.54) is 0 Å². The molecule has 2 aromatic rings. The molecule has 5 rings (SSSR count). The SMILES string of the molecule is CCO[C@H]1C[C@H]2C(=O)[C@@]3(Cl)[C@@H](C(=O)[C@@]12Cl)C3(c1ccccc1)c1ccccc1. The summed E-state index contributed by atoms with van der Waals surface area (Å²) in [5.41, 5.74) is 0.844. The second kappa shape index (κ2) is 5.91. The van der Waals surface area contributed by atoms with E-state index in [1.807, 2.05) is 67.6 Å². The summed E-state index contributed by atoms with van der Waals surface area (Å²) >= 11 is 13.9. The van der Waals surface area contributed by atoms with Crippen molar-refractivity contribution in [3.63, 3.8) is 0 Å². The Morgan fingerprint density at radius 2 is 1.46 bits per heavy atom. The Morgan fingerprint density at radius 3 is 1.96 bits per heavy atom. The van der Waals surface area contributed by atoms with Crippen LogP contribution in [0, 0.1) is 11.8 Å². The Labute approximate surface area is 174 Å². The molecule has 3 aliphatic carbocycles. The second-order valence-corrected chi connectivity index (χ2v) is 9.14. The van der Waals surface area contributed by atoms with Crippen LogP contribution in [0.15, 0.2) is 60.7 Å².